The number of hydrogen-bond acceptors (Lipinski definition) is 3. The molecule has 1 atom stereocenters. The molecule has 1 unspecified atom stereocenters. The first-order chi connectivity index (χ1) is 10.3. The van der Waals surface area contributed by atoms with E-state index >= 15 is 0 Å². The van der Waals surface area contributed by atoms with Gasteiger partial charge in [0.05, 0.1) is 5.02 Å². The lowest BCUT2D eigenvalue weighted by molar-refractivity contribution is 0.102. The third-order valence-corrected chi connectivity index (χ3v) is 3.75. The number of nitrogens with one attached hydrogen (secondary N) is 1. The molecule has 116 valence electrons. The molecule has 2 aromatic rings. The van der Waals surface area contributed by atoms with E-state index in [2.05, 4.69) is 5.32 Å². The topological polar surface area (TPSA) is 69.2 Å². The van der Waals surface area contributed by atoms with Crippen molar-refractivity contribution in [1.29, 1.82) is 0 Å². The van der Waals surface area contributed by atoms with E-state index in [-0.39, 0.29) is 21.2 Å². The molecular formula is C13H6ClF3NO3S-. The summed E-state index contributed by atoms with van der Waals surface area (Å²) in [7, 11) is 0. The molecule has 9 heteroatoms. The van der Waals surface area contributed by atoms with Gasteiger partial charge in [-0.05, 0) is 29.3 Å². The molecule has 2 aromatic carbocycles. The third-order valence-electron chi connectivity index (χ3n) is 2.61. The Bertz CT molecular complexity index is 762. The summed E-state index contributed by atoms with van der Waals surface area (Å²) in [5, 5.41) is 2.04. The van der Waals surface area contributed by atoms with Crippen LogP contribution in [0, 0.1) is 17.5 Å². The molecule has 0 aromatic heterocycles. The number of rotatable bonds is 3. The average Bonchev–Trinajstić information content (AvgIpc) is 2.44. The van der Waals surface area contributed by atoms with Crippen LogP contribution < -0.4 is 5.32 Å². The van der Waals surface area contributed by atoms with E-state index in [1.807, 2.05) is 0 Å². The van der Waals surface area contributed by atoms with E-state index < -0.39 is 34.4 Å². The first kappa shape index (κ1) is 16.5. The Morgan fingerprint density at radius 1 is 1.14 bits per heavy atom. The molecule has 4 nitrogen and oxygen atoms in total. The largest absolute Gasteiger partial charge is 0.768 e. The minimum Gasteiger partial charge on any atom is -0.768 e. The van der Waals surface area contributed by atoms with Crippen molar-refractivity contribution in [3.8, 4) is 0 Å². The van der Waals surface area contributed by atoms with Gasteiger partial charge < -0.3 is 9.87 Å². The zero-order valence-corrected chi connectivity index (χ0v) is 12.1. The summed E-state index contributed by atoms with van der Waals surface area (Å²) >= 11 is 2.99. The Balaban J connectivity index is 2.30. The van der Waals surface area contributed by atoms with Crippen LogP contribution in [0.1, 0.15) is 10.4 Å². The zero-order valence-electron chi connectivity index (χ0n) is 10.5. The molecule has 1 N–H and O–H groups in total. The summed E-state index contributed by atoms with van der Waals surface area (Å²) in [5.41, 5.74) is -0.421. The van der Waals surface area contributed by atoms with Crippen molar-refractivity contribution < 1.29 is 26.7 Å². The molecule has 0 aliphatic heterocycles. The maximum atomic E-state index is 13.1. The number of anilines is 1. The molecule has 0 aliphatic rings. The van der Waals surface area contributed by atoms with Crippen molar-refractivity contribution in [2.75, 3.05) is 5.32 Å². The van der Waals surface area contributed by atoms with Gasteiger partial charge in [0.2, 0.25) is 0 Å². The van der Waals surface area contributed by atoms with Crippen LogP contribution in [0.3, 0.4) is 0 Å². The Kier molecular flexibility index (Phi) is 4.84. The van der Waals surface area contributed by atoms with Crippen molar-refractivity contribution in [2.45, 2.75) is 4.90 Å². The molecule has 0 heterocycles. The van der Waals surface area contributed by atoms with Gasteiger partial charge in [0.15, 0.2) is 17.5 Å². The van der Waals surface area contributed by atoms with Gasteiger partial charge in [0.1, 0.15) is 0 Å². The smallest absolute Gasteiger partial charge is 0.255 e. The van der Waals surface area contributed by atoms with Gasteiger partial charge in [-0.15, -0.1) is 0 Å². The van der Waals surface area contributed by atoms with Crippen LogP contribution in [0.15, 0.2) is 35.2 Å². The first-order valence-electron chi connectivity index (χ1n) is 5.64. The van der Waals surface area contributed by atoms with Gasteiger partial charge >= 0.3 is 0 Å². The molecule has 1 amide bonds. The normalized spacial score (nSPS) is 12.0. The summed E-state index contributed by atoms with van der Waals surface area (Å²) in [5.74, 6) is -5.43. The summed E-state index contributed by atoms with van der Waals surface area (Å²) < 4.78 is 60.8. The number of benzene rings is 2. The molecule has 0 fully saturated rings. The van der Waals surface area contributed by atoms with Crippen molar-refractivity contribution >= 4 is 34.3 Å². The van der Waals surface area contributed by atoms with Crippen LogP contribution in [0.4, 0.5) is 18.9 Å². The third kappa shape index (κ3) is 3.46. The standard InChI is InChI=1S/C13H7ClF3NO3S/c14-8-2-1-6(3-11(8)22(20)21)13(19)18-7-4-9(15)12(17)10(16)5-7/h1-5H,(H,18,19)(H,20,21)/p-1. The monoisotopic (exact) mass is 348 g/mol. The van der Waals surface area contributed by atoms with Gasteiger partial charge in [-0.25, -0.2) is 13.2 Å². The average molecular weight is 349 g/mol. The Labute approximate surface area is 130 Å². The van der Waals surface area contributed by atoms with Crippen LogP contribution in [-0.4, -0.2) is 14.7 Å². The lowest BCUT2D eigenvalue weighted by Gasteiger charge is -2.10. The minimum atomic E-state index is -2.66. The van der Waals surface area contributed by atoms with Gasteiger partial charge in [-0.2, -0.15) is 0 Å². The summed E-state index contributed by atoms with van der Waals surface area (Å²) in [6.07, 6.45) is 0. The number of carbonyl (C=O) groups is 1. The fourth-order valence-electron chi connectivity index (χ4n) is 1.60. The summed E-state index contributed by atoms with van der Waals surface area (Å²) in [6, 6.07) is 4.60. The van der Waals surface area contributed by atoms with Gasteiger partial charge in [-0.1, -0.05) is 11.6 Å². The maximum absolute atomic E-state index is 13.1. The van der Waals surface area contributed by atoms with Crippen LogP contribution in [0.2, 0.25) is 5.02 Å². The molecule has 0 saturated carbocycles. The van der Waals surface area contributed by atoms with E-state index in [9.17, 15) is 26.7 Å². The molecule has 0 aliphatic carbocycles. The van der Waals surface area contributed by atoms with Crippen molar-refractivity contribution in [3.63, 3.8) is 0 Å². The number of amides is 1. The quantitative estimate of drug-likeness (QED) is 0.684. The molecule has 0 saturated heterocycles. The van der Waals surface area contributed by atoms with Gasteiger partial charge in [0, 0.05) is 28.3 Å². The second kappa shape index (κ2) is 6.47. The highest BCUT2D eigenvalue weighted by Crippen LogP contribution is 2.22. The van der Waals surface area contributed by atoms with Crippen LogP contribution >= 0.6 is 11.6 Å². The van der Waals surface area contributed by atoms with Crippen LogP contribution in [-0.2, 0) is 11.1 Å². The molecule has 0 radical (unpaired) electrons. The second-order valence-corrected chi connectivity index (χ2v) is 5.40. The first-order valence-corrected chi connectivity index (χ1v) is 7.09. The highest BCUT2D eigenvalue weighted by Gasteiger charge is 2.14. The fourth-order valence-corrected chi connectivity index (χ4v) is 2.36. The van der Waals surface area contributed by atoms with Gasteiger partial charge in [0.25, 0.3) is 5.91 Å². The van der Waals surface area contributed by atoms with E-state index in [4.69, 9.17) is 11.6 Å². The number of hydrogen-bond donors (Lipinski definition) is 1. The summed E-state index contributed by atoms with van der Waals surface area (Å²) in [6.45, 7) is 0. The highest BCUT2D eigenvalue weighted by molar-refractivity contribution is 7.79. The second-order valence-electron chi connectivity index (χ2n) is 4.09. The van der Waals surface area contributed by atoms with Crippen LogP contribution in [0.5, 0.6) is 0 Å². The van der Waals surface area contributed by atoms with E-state index in [0.717, 1.165) is 6.07 Å². The predicted molar refractivity (Wildman–Crippen MR) is 72.9 cm³/mol. The molecule has 22 heavy (non-hydrogen) atoms. The molecule has 0 bridgehead atoms. The number of halogens is 4. The SMILES string of the molecule is O=C(Nc1cc(F)c(F)c(F)c1)c1ccc(Cl)c(S(=O)[O-])c1. The van der Waals surface area contributed by atoms with Crippen molar-refractivity contribution in [1.82, 2.24) is 0 Å². The lowest BCUT2D eigenvalue weighted by atomic mass is 10.2. The Hall–Kier alpha value is -1.90. The van der Waals surface area contributed by atoms with E-state index in [1.54, 1.807) is 0 Å². The fraction of sp³-hybridized carbons (Fsp3) is 0. The predicted octanol–water partition coefficient (Wildman–Crippen LogP) is 3.25. The Morgan fingerprint density at radius 2 is 1.73 bits per heavy atom. The van der Waals surface area contributed by atoms with Gasteiger partial charge in [-0.3, -0.25) is 9.00 Å². The molecular weight excluding hydrogens is 343 g/mol. The number of carbonyl (C=O) groups excluding carboxylic acids is 1. The van der Waals surface area contributed by atoms with Crippen molar-refractivity contribution in [3.05, 3.63) is 58.4 Å². The van der Waals surface area contributed by atoms with Crippen molar-refractivity contribution in [2.24, 2.45) is 0 Å². The molecule has 2 rings (SSSR count). The van der Waals surface area contributed by atoms with Crippen LogP contribution in [0.25, 0.3) is 0 Å². The lowest BCUT2D eigenvalue weighted by Crippen LogP contribution is -2.13. The van der Waals surface area contributed by atoms with E-state index in [0.29, 0.717) is 12.1 Å². The maximum Gasteiger partial charge on any atom is 0.255 e. The zero-order chi connectivity index (χ0) is 16.4. The highest BCUT2D eigenvalue weighted by atomic mass is 35.5. The Morgan fingerprint density at radius 3 is 2.27 bits per heavy atom. The van der Waals surface area contributed by atoms with E-state index in [1.165, 1.54) is 12.1 Å². The molecule has 0 spiro atoms. The summed E-state index contributed by atoms with van der Waals surface area (Å²) in [4.78, 5) is 11.6. The minimum absolute atomic E-state index is 0.0799.